The number of aromatic nitrogens is 5. The summed E-state index contributed by atoms with van der Waals surface area (Å²) in [6.45, 7) is 0.999. The number of aliphatic hydroxyl groups excluding tert-OH is 1. The third-order valence-corrected chi connectivity index (χ3v) is 4.60. The predicted octanol–water partition coefficient (Wildman–Crippen LogP) is 2.25. The fraction of sp³-hybridized carbons (Fsp3) is 0.278. The van der Waals surface area contributed by atoms with E-state index in [-0.39, 0.29) is 17.1 Å². The average Bonchev–Trinajstić information content (AvgIpc) is 3.40. The van der Waals surface area contributed by atoms with Crippen LogP contribution >= 0.6 is 11.6 Å². The van der Waals surface area contributed by atoms with E-state index in [9.17, 15) is 18.7 Å². The highest BCUT2D eigenvalue weighted by atomic mass is 35.5. The van der Waals surface area contributed by atoms with Crippen molar-refractivity contribution in [1.82, 2.24) is 25.6 Å². The van der Waals surface area contributed by atoms with Crippen LogP contribution in [0.5, 0.6) is 5.75 Å². The number of pyridine rings is 1. The molecule has 31 heavy (non-hydrogen) atoms. The maximum absolute atomic E-state index is 12.7. The van der Waals surface area contributed by atoms with Crippen LogP contribution in [-0.4, -0.2) is 61.4 Å². The van der Waals surface area contributed by atoms with E-state index >= 15 is 0 Å². The summed E-state index contributed by atoms with van der Waals surface area (Å²) in [4.78, 5) is 19.0. The lowest BCUT2D eigenvalue weighted by Crippen LogP contribution is -2.23. The number of carbonyl (C=O) groups is 1. The number of aliphatic hydroxyl groups is 1. The van der Waals surface area contributed by atoms with Crippen molar-refractivity contribution in [2.24, 2.45) is 0 Å². The highest BCUT2D eigenvalue weighted by Gasteiger charge is 2.28. The van der Waals surface area contributed by atoms with Gasteiger partial charge in [0.2, 0.25) is 5.82 Å². The fourth-order valence-corrected chi connectivity index (χ4v) is 3.24. The zero-order valence-corrected chi connectivity index (χ0v) is 16.6. The van der Waals surface area contributed by atoms with Gasteiger partial charge in [0.25, 0.3) is 5.91 Å². The molecule has 10 nitrogen and oxygen atoms in total. The highest BCUT2D eigenvalue weighted by molar-refractivity contribution is 6.20. The van der Waals surface area contributed by atoms with Gasteiger partial charge in [-0.2, -0.15) is 5.21 Å². The molecule has 0 bridgehead atoms. The van der Waals surface area contributed by atoms with Crippen molar-refractivity contribution in [3.8, 4) is 17.1 Å². The van der Waals surface area contributed by atoms with Crippen LogP contribution in [0, 0.1) is 0 Å². The predicted molar refractivity (Wildman–Crippen MR) is 106 cm³/mol. The zero-order chi connectivity index (χ0) is 22.0. The number of amides is 1. The van der Waals surface area contributed by atoms with Crippen molar-refractivity contribution in [2.75, 3.05) is 23.3 Å². The van der Waals surface area contributed by atoms with Gasteiger partial charge in [0, 0.05) is 36.6 Å². The first-order valence-electron chi connectivity index (χ1n) is 9.12. The summed E-state index contributed by atoms with van der Waals surface area (Å²) in [5, 5.41) is 26.3. The molecule has 1 fully saturated rings. The van der Waals surface area contributed by atoms with Gasteiger partial charge < -0.3 is 20.1 Å². The van der Waals surface area contributed by atoms with Crippen LogP contribution < -0.4 is 15.0 Å². The second-order valence-electron chi connectivity index (χ2n) is 6.75. The number of β-amino-alcohol motifs (C(OH)–C–C–N with tert-alkyl or cyclic N) is 1. The van der Waals surface area contributed by atoms with E-state index in [1.54, 1.807) is 6.07 Å². The number of nitrogens with zero attached hydrogens (tertiary/aromatic N) is 5. The molecule has 1 aromatic carbocycles. The van der Waals surface area contributed by atoms with Gasteiger partial charge in [-0.25, -0.2) is 4.98 Å². The van der Waals surface area contributed by atoms with Crippen molar-refractivity contribution >= 4 is 29.0 Å². The van der Waals surface area contributed by atoms with Crippen LogP contribution in [0.2, 0.25) is 0 Å². The van der Waals surface area contributed by atoms with Gasteiger partial charge in [0.1, 0.15) is 11.6 Å². The second kappa shape index (κ2) is 8.40. The molecule has 1 aliphatic rings. The average molecular weight is 452 g/mol. The Morgan fingerprint density at radius 3 is 2.74 bits per heavy atom. The summed E-state index contributed by atoms with van der Waals surface area (Å²) in [7, 11) is 0. The highest BCUT2D eigenvalue weighted by Crippen LogP contribution is 2.30. The van der Waals surface area contributed by atoms with Gasteiger partial charge >= 0.3 is 5.57 Å². The minimum atomic E-state index is -3.82. The summed E-state index contributed by atoms with van der Waals surface area (Å²) >= 11 is 4.73. The summed E-state index contributed by atoms with van der Waals surface area (Å²) < 4.78 is 29.6. The molecule has 13 heteroatoms. The number of rotatable bonds is 6. The van der Waals surface area contributed by atoms with Crippen molar-refractivity contribution < 1.29 is 23.4 Å². The molecule has 0 spiro atoms. The van der Waals surface area contributed by atoms with Gasteiger partial charge in [-0.1, -0.05) is 0 Å². The molecule has 1 atom stereocenters. The lowest BCUT2D eigenvalue weighted by Gasteiger charge is -2.19. The Kier molecular flexibility index (Phi) is 5.65. The van der Waals surface area contributed by atoms with E-state index in [2.05, 4.69) is 35.7 Å². The molecule has 1 unspecified atom stereocenters. The number of halogens is 3. The van der Waals surface area contributed by atoms with Crippen molar-refractivity contribution in [2.45, 2.75) is 18.1 Å². The molecule has 0 radical (unpaired) electrons. The molecule has 1 amide bonds. The van der Waals surface area contributed by atoms with Crippen molar-refractivity contribution in [3.63, 3.8) is 0 Å². The van der Waals surface area contributed by atoms with E-state index in [4.69, 9.17) is 11.6 Å². The summed E-state index contributed by atoms with van der Waals surface area (Å²) in [5.74, 6) is 0.137. The number of carbonyl (C=O) groups excluding carboxylic acids is 1. The molecule has 3 heterocycles. The van der Waals surface area contributed by atoms with Crippen LogP contribution in [0.1, 0.15) is 16.8 Å². The van der Waals surface area contributed by atoms with Gasteiger partial charge in [0.05, 0.1) is 17.2 Å². The van der Waals surface area contributed by atoms with E-state index in [1.165, 1.54) is 30.5 Å². The van der Waals surface area contributed by atoms with Gasteiger partial charge in [-0.05, 0) is 42.0 Å². The summed E-state index contributed by atoms with van der Waals surface area (Å²) in [6.07, 6.45) is 1.53. The number of alkyl halides is 3. The molecule has 162 valence electrons. The van der Waals surface area contributed by atoms with Crippen LogP contribution in [0.25, 0.3) is 11.4 Å². The molecule has 3 aromatic rings. The smallest absolute Gasteiger partial charge is 0.420 e. The van der Waals surface area contributed by atoms with E-state index in [0.717, 1.165) is 0 Å². The summed E-state index contributed by atoms with van der Waals surface area (Å²) in [5.41, 5.74) is -2.78. The van der Waals surface area contributed by atoms with Crippen LogP contribution in [0.3, 0.4) is 0 Å². The molecule has 0 saturated carbocycles. The van der Waals surface area contributed by atoms with Gasteiger partial charge in [-0.3, -0.25) is 4.79 Å². The Morgan fingerprint density at radius 2 is 2.13 bits per heavy atom. The van der Waals surface area contributed by atoms with Crippen LogP contribution in [0.4, 0.5) is 20.3 Å². The molecular weight excluding hydrogens is 436 g/mol. The fourth-order valence-electron chi connectivity index (χ4n) is 3.15. The Labute approximate surface area is 179 Å². The number of nitrogens with one attached hydrogen (secondary N) is 2. The molecule has 0 aliphatic carbocycles. The normalized spacial score (nSPS) is 16.4. The first kappa shape index (κ1) is 20.9. The van der Waals surface area contributed by atoms with Gasteiger partial charge in [0.15, 0.2) is 0 Å². The lowest BCUT2D eigenvalue weighted by atomic mass is 10.1. The Hall–Kier alpha value is -3.38. The van der Waals surface area contributed by atoms with Crippen molar-refractivity contribution in [1.29, 1.82) is 0 Å². The number of benzene rings is 1. The molecule has 4 rings (SSSR count). The largest absolute Gasteiger partial charge is 0.487 e. The topological polar surface area (TPSA) is 129 Å². The number of hydrogen-bond acceptors (Lipinski definition) is 8. The number of anilines is 2. The standard InChI is InChI=1S/C18H16ClF2N7O3/c19-18(20,21)31-13-3-1-11(2-4-13)23-17(30)10-7-14(15-24-26-27-25-15)16(22-8-10)28-6-5-12(29)9-28/h1-4,7-8,12,29H,5-6,9H2,(H,23,30)(H,24,25,26,27). The molecule has 3 N–H and O–H groups in total. The van der Waals surface area contributed by atoms with E-state index < -0.39 is 17.6 Å². The number of aromatic amines is 1. The van der Waals surface area contributed by atoms with Gasteiger partial charge in [-0.15, -0.1) is 19.0 Å². The van der Waals surface area contributed by atoms with Crippen molar-refractivity contribution in [3.05, 3.63) is 42.1 Å². The molecule has 1 saturated heterocycles. The second-order valence-corrected chi connectivity index (χ2v) is 7.19. The minimum absolute atomic E-state index is 0.156. The number of hydrogen-bond donors (Lipinski definition) is 3. The van der Waals surface area contributed by atoms with E-state index in [1.807, 2.05) is 4.90 Å². The zero-order valence-electron chi connectivity index (χ0n) is 15.8. The third kappa shape index (κ3) is 5.03. The third-order valence-electron chi connectivity index (χ3n) is 4.52. The monoisotopic (exact) mass is 451 g/mol. The van der Waals surface area contributed by atoms with Crippen LogP contribution in [0.15, 0.2) is 36.5 Å². The maximum Gasteiger partial charge on any atom is 0.487 e. The molecule has 2 aromatic heterocycles. The number of tetrazole rings is 1. The lowest BCUT2D eigenvalue weighted by molar-refractivity contribution is -0.0964. The number of H-pyrrole nitrogens is 1. The van der Waals surface area contributed by atoms with E-state index in [0.29, 0.717) is 36.6 Å². The molecule has 1 aliphatic heterocycles. The Balaban J connectivity index is 1.55. The Bertz CT molecular complexity index is 1060. The molecular formula is C18H16ClF2N7O3. The minimum Gasteiger partial charge on any atom is -0.420 e. The first-order valence-corrected chi connectivity index (χ1v) is 9.50. The van der Waals surface area contributed by atoms with Crippen LogP contribution in [-0.2, 0) is 0 Å². The number of ether oxygens (including phenoxy) is 1. The summed E-state index contributed by atoms with van der Waals surface area (Å²) in [6, 6.07) is 6.85. The first-order chi connectivity index (χ1) is 14.8. The quantitative estimate of drug-likeness (QED) is 0.487. The SMILES string of the molecule is O=C(Nc1ccc(OC(F)(F)Cl)cc1)c1cnc(N2CCC(O)C2)c(-c2nn[nH]n2)c1. The Morgan fingerprint density at radius 1 is 1.35 bits per heavy atom. The maximum atomic E-state index is 12.7.